The van der Waals surface area contributed by atoms with Crippen molar-refractivity contribution in [1.82, 2.24) is 9.03 Å². The van der Waals surface area contributed by atoms with Crippen LogP contribution in [0.25, 0.3) is 0 Å². The van der Waals surface area contributed by atoms with Gasteiger partial charge in [0.15, 0.2) is 0 Å². The van der Waals surface area contributed by atoms with E-state index in [1.807, 2.05) is 27.7 Å². The molecule has 0 aliphatic carbocycles. The number of nitrogens with zero attached hydrogens (tertiary/aromatic N) is 1. The van der Waals surface area contributed by atoms with Crippen LogP contribution < -0.4 is 4.72 Å². The van der Waals surface area contributed by atoms with Crippen molar-refractivity contribution in [2.45, 2.75) is 52.4 Å². The molecule has 0 radical (unpaired) electrons. The lowest BCUT2D eigenvalue weighted by molar-refractivity contribution is -0.0445. The van der Waals surface area contributed by atoms with Gasteiger partial charge in [-0.05, 0) is 26.2 Å². The number of aliphatic hydroxyl groups excluding tert-OH is 1. The summed E-state index contributed by atoms with van der Waals surface area (Å²) in [5, 5.41) is 9.27. The number of aliphatic hydroxyl groups is 1. The van der Waals surface area contributed by atoms with E-state index in [0.717, 1.165) is 0 Å². The molecule has 0 amide bonds. The fourth-order valence-electron chi connectivity index (χ4n) is 2.34. The van der Waals surface area contributed by atoms with Gasteiger partial charge in [0.05, 0.1) is 18.8 Å². The number of hydrogen-bond acceptors (Lipinski definition) is 4. The van der Waals surface area contributed by atoms with Crippen LogP contribution in [0.4, 0.5) is 0 Å². The second-order valence-electron chi connectivity index (χ2n) is 5.71. The van der Waals surface area contributed by atoms with Gasteiger partial charge in [0.25, 0.3) is 10.2 Å². The summed E-state index contributed by atoms with van der Waals surface area (Å²) in [6.07, 6.45) is 0.390. The molecule has 1 aliphatic rings. The van der Waals surface area contributed by atoms with E-state index >= 15 is 0 Å². The molecule has 1 rings (SSSR count). The predicted molar refractivity (Wildman–Crippen MR) is 74.0 cm³/mol. The maximum Gasteiger partial charge on any atom is 0.279 e. The third-order valence-corrected chi connectivity index (χ3v) is 4.63. The molecule has 19 heavy (non-hydrogen) atoms. The highest BCUT2D eigenvalue weighted by molar-refractivity contribution is 7.87. The van der Waals surface area contributed by atoms with Crippen molar-refractivity contribution >= 4 is 10.2 Å². The maximum atomic E-state index is 12.3. The summed E-state index contributed by atoms with van der Waals surface area (Å²) in [6, 6.07) is -0.432. The van der Waals surface area contributed by atoms with Gasteiger partial charge in [0, 0.05) is 19.1 Å². The quantitative estimate of drug-likeness (QED) is 0.740. The molecular formula is C12H26N2O4S. The zero-order chi connectivity index (χ0) is 14.6. The fraction of sp³-hybridized carbons (Fsp3) is 1.00. The van der Waals surface area contributed by atoms with Crippen molar-refractivity contribution in [1.29, 1.82) is 0 Å². The van der Waals surface area contributed by atoms with Crippen molar-refractivity contribution in [3.05, 3.63) is 0 Å². The van der Waals surface area contributed by atoms with Crippen LogP contribution in [0.2, 0.25) is 0 Å². The Balaban J connectivity index is 2.68. The first-order chi connectivity index (χ1) is 8.74. The number of rotatable bonds is 6. The first-order valence-electron chi connectivity index (χ1n) is 6.78. The summed E-state index contributed by atoms with van der Waals surface area (Å²) >= 11 is 0. The van der Waals surface area contributed by atoms with Gasteiger partial charge in [-0.25, -0.2) is 0 Å². The predicted octanol–water partition coefficient (Wildman–Crippen LogP) is 0.337. The highest BCUT2D eigenvalue weighted by Crippen LogP contribution is 2.15. The first-order valence-corrected chi connectivity index (χ1v) is 8.22. The second-order valence-corrected chi connectivity index (χ2v) is 7.41. The zero-order valence-electron chi connectivity index (χ0n) is 12.2. The molecule has 1 saturated heterocycles. The van der Waals surface area contributed by atoms with E-state index < -0.39 is 16.3 Å². The van der Waals surface area contributed by atoms with Gasteiger partial charge in [0.1, 0.15) is 0 Å². The van der Waals surface area contributed by atoms with Crippen LogP contribution in [0.3, 0.4) is 0 Å². The topological polar surface area (TPSA) is 78.9 Å². The van der Waals surface area contributed by atoms with E-state index in [2.05, 4.69) is 4.72 Å². The van der Waals surface area contributed by atoms with Crippen LogP contribution in [-0.4, -0.2) is 55.8 Å². The molecule has 0 aromatic carbocycles. The molecule has 1 heterocycles. The minimum Gasteiger partial charge on any atom is -0.395 e. The molecule has 0 aromatic heterocycles. The average Bonchev–Trinajstić information content (AvgIpc) is 2.25. The molecule has 0 bridgehead atoms. The van der Waals surface area contributed by atoms with Crippen LogP contribution >= 0.6 is 0 Å². The van der Waals surface area contributed by atoms with Crippen molar-refractivity contribution in [2.24, 2.45) is 5.92 Å². The third-order valence-electron chi connectivity index (χ3n) is 3.02. The lowest BCUT2D eigenvalue weighted by atomic mass is 10.1. The standard InChI is InChI=1S/C12H26N2O4S/c1-9(2)5-12(8-15)13-19(16,17)14-6-10(3)18-11(4)7-14/h9-13,15H,5-8H2,1-4H3. The minimum atomic E-state index is -3.56. The van der Waals surface area contributed by atoms with E-state index in [0.29, 0.717) is 25.4 Å². The Kier molecular flexibility index (Phi) is 6.19. The largest absolute Gasteiger partial charge is 0.395 e. The van der Waals surface area contributed by atoms with E-state index in [9.17, 15) is 13.5 Å². The Morgan fingerprint density at radius 1 is 1.32 bits per heavy atom. The molecule has 1 aliphatic heterocycles. The van der Waals surface area contributed by atoms with E-state index in [1.165, 1.54) is 4.31 Å². The highest BCUT2D eigenvalue weighted by atomic mass is 32.2. The van der Waals surface area contributed by atoms with Crippen LogP contribution in [0, 0.1) is 5.92 Å². The Bertz CT molecular complexity index is 362. The molecule has 0 saturated carbocycles. The normalized spacial score (nSPS) is 27.7. The van der Waals surface area contributed by atoms with E-state index in [4.69, 9.17) is 4.74 Å². The number of nitrogens with one attached hydrogen (secondary N) is 1. The third kappa shape index (κ3) is 5.35. The molecule has 114 valence electrons. The number of hydrogen-bond donors (Lipinski definition) is 2. The Labute approximate surface area is 116 Å². The van der Waals surface area contributed by atoms with Gasteiger partial charge in [-0.15, -0.1) is 0 Å². The van der Waals surface area contributed by atoms with Gasteiger partial charge in [-0.2, -0.15) is 17.4 Å². The van der Waals surface area contributed by atoms with Crippen molar-refractivity contribution in [3.8, 4) is 0 Å². The molecule has 7 heteroatoms. The van der Waals surface area contributed by atoms with E-state index in [1.54, 1.807) is 0 Å². The Hall–Kier alpha value is -0.210. The molecule has 2 N–H and O–H groups in total. The zero-order valence-corrected chi connectivity index (χ0v) is 13.0. The van der Waals surface area contributed by atoms with Gasteiger partial charge in [-0.3, -0.25) is 0 Å². The van der Waals surface area contributed by atoms with Gasteiger partial charge < -0.3 is 9.84 Å². The summed E-state index contributed by atoms with van der Waals surface area (Å²) in [5.74, 6) is 0.322. The van der Waals surface area contributed by atoms with E-state index in [-0.39, 0.29) is 18.8 Å². The molecular weight excluding hydrogens is 268 g/mol. The summed E-state index contributed by atoms with van der Waals surface area (Å²) in [5.41, 5.74) is 0. The Morgan fingerprint density at radius 3 is 2.26 bits per heavy atom. The van der Waals surface area contributed by atoms with Gasteiger partial charge in [0.2, 0.25) is 0 Å². The Morgan fingerprint density at radius 2 is 1.84 bits per heavy atom. The lowest BCUT2D eigenvalue weighted by Crippen LogP contribution is -2.54. The first kappa shape index (κ1) is 16.8. The molecule has 3 atom stereocenters. The van der Waals surface area contributed by atoms with Gasteiger partial charge in [-0.1, -0.05) is 13.8 Å². The molecule has 1 fully saturated rings. The van der Waals surface area contributed by atoms with Crippen LogP contribution in [-0.2, 0) is 14.9 Å². The highest BCUT2D eigenvalue weighted by Gasteiger charge is 2.32. The monoisotopic (exact) mass is 294 g/mol. The SMILES string of the molecule is CC(C)CC(CO)NS(=O)(=O)N1CC(C)OC(C)C1. The van der Waals surface area contributed by atoms with Crippen molar-refractivity contribution < 1.29 is 18.3 Å². The number of morpholine rings is 1. The molecule has 0 aromatic rings. The molecule has 6 nitrogen and oxygen atoms in total. The van der Waals surface area contributed by atoms with Crippen LogP contribution in [0.1, 0.15) is 34.1 Å². The van der Waals surface area contributed by atoms with Gasteiger partial charge >= 0.3 is 0 Å². The summed E-state index contributed by atoms with van der Waals surface area (Å²) in [7, 11) is -3.56. The van der Waals surface area contributed by atoms with Crippen LogP contribution in [0.15, 0.2) is 0 Å². The fourth-order valence-corrected chi connectivity index (χ4v) is 3.89. The molecule has 3 unspecified atom stereocenters. The second kappa shape index (κ2) is 6.99. The van der Waals surface area contributed by atoms with Crippen molar-refractivity contribution in [2.75, 3.05) is 19.7 Å². The van der Waals surface area contributed by atoms with Crippen LogP contribution in [0.5, 0.6) is 0 Å². The smallest absolute Gasteiger partial charge is 0.279 e. The number of ether oxygens (including phenoxy) is 1. The summed E-state index contributed by atoms with van der Waals surface area (Å²) < 4.78 is 34.1. The van der Waals surface area contributed by atoms with Crippen molar-refractivity contribution in [3.63, 3.8) is 0 Å². The average molecular weight is 294 g/mol. The summed E-state index contributed by atoms with van der Waals surface area (Å²) in [6.45, 7) is 8.21. The molecule has 0 spiro atoms. The minimum absolute atomic E-state index is 0.113. The summed E-state index contributed by atoms with van der Waals surface area (Å²) in [4.78, 5) is 0. The maximum absolute atomic E-state index is 12.3. The lowest BCUT2D eigenvalue weighted by Gasteiger charge is -2.35.